The Hall–Kier alpha value is 0.217. The summed E-state index contributed by atoms with van der Waals surface area (Å²) in [4.78, 5) is 0. The lowest BCUT2D eigenvalue weighted by molar-refractivity contribution is 0.556. The molecule has 0 spiro atoms. The number of hydrogen-bond acceptors (Lipinski definition) is 0. The lowest BCUT2D eigenvalue weighted by Crippen LogP contribution is -2.29. The van der Waals surface area contributed by atoms with Crippen LogP contribution >= 0.6 is 0 Å². The van der Waals surface area contributed by atoms with Crippen LogP contribution in [0.4, 0.5) is 0 Å². The minimum absolute atomic E-state index is 1.02. The smallest absolute Gasteiger partial charge is 0.0504 e. The minimum atomic E-state index is -1.02. The van der Waals surface area contributed by atoms with Crippen LogP contribution < -0.4 is 0 Å². The first-order chi connectivity index (χ1) is 18.7. The third-order valence-corrected chi connectivity index (χ3v) is 14.1. The summed E-state index contributed by atoms with van der Waals surface area (Å²) in [6.45, 7) is 9.78. The first-order valence-electron chi connectivity index (χ1n) is 18.7. The van der Waals surface area contributed by atoms with Gasteiger partial charge in [0.25, 0.3) is 0 Å². The highest BCUT2D eigenvalue weighted by molar-refractivity contribution is 6.78. The molecule has 0 saturated heterocycles. The van der Waals surface area contributed by atoms with Gasteiger partial charge in [0, 0.05) is 0 Å². The van der Waals surface area contributed by atoms with Gasteiger partial charge in [-0.05, 0) is 0 Å². The van der Waals surface area contributed by atoms with Gasteiger partial charge in [-0.25, -0.2) is 0 Å². The summed E-state index contributed by atoms with van der Waals surface area (Å²) in [6, 6.07) is 4.91. The molecule has 0 aliphatic carbocycles. The van der Waals surface area contributed by atoms with Crippen LogP contribution in [0.1, 0.15) is 213 Å². The lowest BCUT2D eigenvalue weighted by atomic mass is 10.1. The van der Waals surface area contributed by atoms with Crippen LogP contribution in [0.5, 0.6) is 0 Å². The summed E-state index contributed by atoms with van der Waals surface area (Å²) in [7, 11) is -1.02. The van der Waals surface area contributed by atoms with Crippen LogP contribution in [0, 0.1) is 0 Å². The molecule has 0 aromatic heterocycles. The summed E-state index contributed by atoms with van der Waals surface area (Å²) in [6.07, 6.45) is 44.5. The highest BCUT2D eigenvalue weighted by atomic mass is 28.3. The van der Waals surface area contributed by atoms with Gasteiger partial charge in [-0.2, -0.15) is 0 Å². The average molecular weight is 551 g/mol. The van der Waals surface area contributed by atoms with E-state index < -0.39 is 8.07 Å². The van der Waals surface area contributed by atoms with E-state index in [-0.39, 0.29) is 0 Å². The fraction of sp³-hybridized carbons (Fsp3) is 1.00. The van der Waals surface area contributed by atoms with E-state index in [4.69, 9.17) is 0 Å². The van der Waals surface area contributed by atoms with E-state index in [9.17, 15) is 0 Å². The van der Waals surface area contributed by atoms with Crippen molar-refractivity contribution in [2.24, 2.45) is 0 Å². The topological polar surface area (TPSA) is 0 Å². The maximum absolute atomic E-state index is 2.81. The summed E-state index contributed by atoms with van der Waals surface area (Å²) in [5.41, 5.74) is 0. The van der Waals surface area contributed by atoms with Crippen LogP contribution in [0.3, 0.4) is 0 Å². The number of unbranched alkanes of at least 4 members (excludes halogenated alkanes) is 27. The molecule has 0 amide bonds. The molecule has 0 bridgehead atoms. The molecule has 230 valence electrons. The predicted molar refractivity (Wildman–Crippen MR) is 182 cm³/mol. The fourth-order valence-electron chi connectivity index (χ4n) is 6.49. The van der Waals surface area contributed by atoms with Gasteiger partial charge in [-0.3, -0.25) is 0 Å². The van der Waals surface area contributed by atoms with E-state index in [0.29, 0.717) is 0 Å². The highest BCUT2D eigenvalue weighted by Gasteiger charge is 2.25. The molecule has 1 heteroatoms. The molecule has 0 saturated carbocycles. The van der Waals surface area contributed by atoms with Crippen molar-refractivity contribution in [3.05, 3.63) is 0 Å². The molecular formula is C37H78Si. The van der Waals surface area contributed by atoms with Crippen LogP contribution in [0.15, 0.2) is 0 Å². The van der Waals surface area contributed by atoms with Crippen molar-refractivity contribution in [2.75, 3.05) is 0 Å². The molecule has 0 aliphatic heterocycles. The monoisotopic (exact) mass is 551 g/mol. The molecule has 0 rings (SSSR count). The van der Waals surface area contributed by atoms with Crippen LogP contribution in [0.25, 0.3) is 0 Å². The van der Waals surface area contributed by atoms with Crippen LogP contribution in [-0.4, -0.2) is 8.07 Å². The van der Waals surface area contributed by atoms with Gasteiger partial charge in [-0.1, -0.05) is 238 Å². The molecule has 0 unspecified atom stereocenters. The van der Waals surface area contributed by atoms with Gasteiger partial charge in [0.05, 0.1) is 8.07 Å². The van der Waals surface area contributed by atoms with Gasteiger partial charge >= 0.3 is 0 Å². The zero-order valence-electron chi connectivity index (χ0n) is 27.8. The first-order valence-corrected chi connectivity index (χ1v) is 21.8. The van der Waals surface area contributed by atoms with Crippen molar-refractivity contribution in [1.29, 1.82) is 0 Å². The first kappa shape index (κ1) is 38.2. The largest absolute Gasteiger partial charge is 0.0691 e. The van der Waals surface area contributed by atoms with Crippen molar-refractivity contribution in [3.63, 3.8) is 0 Å². The summed E-state index contributed by atoms with van der Waals surface area (Å²) in [5, 5.41) is 0. The van der Waals surface area contributed by atoms with E-state index in [2.05, 4.69) is 27.3 Å². The summed E-state index contributed by atoms with van der Waals surface area (Å²) in [5.74, 6) is 0. The van der Waals surface area contributed by atoms with Gasteiger partial charge < -0.3 is 0 Å². The second-order valence-electron chi connectivity index (χ2n) is 13.6. The van der Waals surface area contributed by atoms with Crippen molar-refractivity contribution >= 4 is 8.07 Å². The molecule has 0 nitrogen and oxygen atoms in total. The maximum Gasteiger partial charge on any atom is 0.0504 e. The minimum Gasteiger partial charge on any atom is -0.0691 e. The van der Waals surface area contributed by atoms with E-state index in [1.165, 1.54) is 173 Å². The Balaban J connectivity index is 4.06. The molecule has 38 heavy (non-hydrogen) atoms. The summed E-state index contributed by atoms with van der Waals surface area (Å²) < 4.78 is 0. The zero-order chi connectivity index (χ0) is 27.8. The third-order valence-electron chi connectivity index (χ3n) is 9.40. The second kappa shape index (κ2) is 31.7. The molecule has 0 heterocycles. The lowest BCUT2D eigenvalue weighted by Gasteiger charge is -2.28. The zero-order valence-corrected chi connectivity index (χ0v) is 28.8. The van der Waals surface area contributed by atoms with E-state index in [1.807, 2.05) is 0 Å². The van der Waals surface area contributed by atoms with Crippen molar-refractivity contribution in [2.45, 2.75) is 238 Å². The molecule has 0 aromatic rings. The van der Waals surface area contributed by atoms with Crippen LogP contribution in [-0.2, 0) is 0 Å². The van der Waals surface area contributed by atoms with E-state index >= 15 is 0 Å². The van der Waals surface area contributed by atoms with Gasteiger partial charge in [0.15, 0.2) is 0 Å². The highest BCUT2D eigenvalue weighted by Crippen LogP contribution is 2.30. The van der Waals surface area contributed by atoms with E-state index in [0.717, 1.165) is 0 Å². The Kier molecular flexibility index (Phi) is 31.9. The Bertz CT molecular complexity index is 357. The van der Waals surface area contributed by atoms with Crippen LogP contribution in [0.2, 0.25) is 24.7 Å². The van der Waals surface area contributed by atoms with Gasteiger partial charge in [-0.15, -0.1) is 0 Å². The molecule has 0 atom stereocenters. The Morgan fingerprint density at radius 2 is 0.395 bits per heavy atom. The predicted octanol–water partition coefficient (Wildman–Crippen LogP) is 14.8. The Morgan fingerprint density at radius 1 is 0.237 bits per heavy atom. The molecule has 0 fully saturated rings. The number of hydrogen-bond donors (Lipinski definition) is 0. The summed E-state index contributed by atoms with van der Waals surface area (Å²) >= 11 is 0. The standard InChI is InChI=1S/C37H78Si/c1-5-8-11-14-17-20-23-26-29-32-35-38(4,36-33-30-27-24-21-18-15-12-9-6-2)37-34-31-28-25-22-19-16-13-10-7-3/h5-37H2,1-4H3. The van der Waals surface area contributed by atoms with Crippen molar-refractivity contribution < 1.29 is 0 Å². The molecular weight excluding hydrogens is 472 g/mol. The van der Waals surface area contributed by atoms with Gasteiger partial charge in [0.1, 0.15) is 0 Å². The average Bonchev–Trinajstić information content (AvgIpc) is 2.92. The molecule has 0 aliphatic rings. The fourth-order valence-corrected chi connectivity index (χ4v) is 10.6. The maximum atomic E-state index is 2.81. The molecule has 0 aromatic carbocycles. The SMILES string of the molecule is CCCCCCCCCCCC[Si](C)(CCCCCCCCCCCC)CCCCCCCCCCCC. The Labute approximate surface area is 245 Å². The second-order valence-corrected chi connectivity index (χ2v) is 18.7. The van der Waals surface area contributed by atoms with Crippen molar-refractivity contribution in [1.82, 2.24) is 0 Å². The number of rotatable bonds is 33. The van der Waals surface area contributed by atoms with E-state index in [1.54, 1.807) is 37.4 Å². The molecule has 0 radical (unpaired) electrons. The van der Waals surface area contributed by atoms with Gasteiger partial charge in [0.2, 0.25) is 0 Å². The molecule has 0 N–H and O–H groups in total. The third kappa shape index (κ3) is 29.2. The van der Waals surface area contributed by atoms with Crippen molar-refractivity contribution in [3.8, 4) is 0 Å². The Morgan fingerprint density at radius 3 is 0.579 bits per heavy atom. The normalized spacial score (nSPS) is 12.0. The quantitative estimate of drug-likeness (QED) is 0.0563.